The molecule has 0 rings (SSSR count). The number of amides is 1. The molecule has 1 amide bonds. The molecule has 0 aromatic rings. The van der Waals surface area contributed by atoms with E-state index in [1.807, 2.05) is 13.8 Å². The molecular formula is C12H26N2OS. The van der Waals surface area contributed by atoms with Gasteiger partial charge < -0.3 is 10.2 Å². The van der Waals surface area contributed by atoms with Gasteiger partial charge in [-0.15, -0.1) is 0 Å². The second-order valence-corrected chi connectivity index (χ2v) is 5.27. The van der Waals surface area contributed by atoms with Crippen LogP contribution in [0.4, 0.5) is 0 Å². The average molecular weight is 246 g/mol. The Labute approximate surface area is 105 Å². The third-order valence-corrected chi connectivity index (χ3v) is 3.84. The Morgan fingerprint density at radius 1 is 1.38 bits per heavy atom. The summed E-state index contributed by atoms with van der Waals surface area (Å²) < 4.78 is 0. The number of hydrogen-bond acceptors (Lipinski definition) is 3. The van der Waals surface area contributed by atoms with Crippen molar-refractivity contribution in [1.29, 1.82) is 0 Å². The van der Waals surface area contributed by atoms with E-state index in [0.29, 0.717) is 12.6 Å². The maximum absolute atomic E-state index is 11.6. The van der Waals surface area contributed by atoms with Crippen LogP contribution in [0.3, 0.4) is 0 Å². The van der Waals surface area contributed by atoms with Crippen LogP contribution in [0.5, 0.6) is 0 Å². The smallest absolute Gasteiger partial charge is 0.233 e. The molecule has 16 heavy (non-hydrogen) atoms. The standard InChI is InChI=1S/C12H26N2OS/c1-6-10(4)14(5)8-7-13-12(15)11(16)9(2)3/h9-11,16H,6-8H2,1-5H3,(H,13,15). The van der Waals surface area contributed by atoms with Gasteiger partial charge in [0, 0.05) is 19.1 Å². The predicted molar refractivity (Wildman–Crippen MR) is 73.0 cm³/mol. The van der Waals surface area contributed by atoms with E-state index in [2.05, 4.69) is 43.7 Å². The summed E-state index contributed by atoms with van der Waals surface area (Å²) in [5.74, 6) is 0.312. The normalized spacial score (nSPS) is 15.2. The van der Waals surface area contributed by atoms with Crippen molar-refractivity contribution in [1.82, 2.24) is 10.2 Å². The van der Waals surface area contributed by atoms with Gasteiger partial charge in [0.05, 0.1) is 5.25 Å². The second-order valence-electron chi connectivity index (χ2n) is 4.72. The third-order valence-electron chi connectivity index (χ3n) is 3.01. The van der Waals surface area contributed by atoms with Crippen LogP contribution in [-0.2, 0) is 4.79 Å². The summed E-state index contributed by atoms with van der Waals surface area (Å²) in [5, 5.41) is 2.72. The minimum atomic E-state index is -0.200. The number of thiol groups is 1. The van der Waals surface area contributed by atoms with E-state index >= 15 is 0 Å². The molecule has 96 valence electrons. The minimum absolute atomic E-state index is 0.0379. The van der Waals surface area contributed by atoms with E-state index in [4.69, 9.17) is 0 Å². The second kappa shape index (κ2) is 7.96. The lowest BCUT2D eigenvalue weighted by Crippen LogP contribution is -2.40. The van der Waals surface area contributed by atoms with Crippen molar-refractivity contribution in [2.24, 2.45) is 5.92 Å². The molecule has 0 fully saturated rings. The Morgan fingerprint density at radius 2 is 1.94 bits per heavy atom. The lowest BCUT2D eigenvalue weighted by Gasteiger charge is -2.24. The SMILES string of the molecule is CCC(C)N(C)CCNC(=O)C(S)C(C)C. The molecule has 0 spiro atoms. The summed E-state index contributed by atoms with van der Waals surface area (Å²) in [6.45, 7) is 9.95. The predicted octanol–water partition coefficient (Wildman–Crippen LogP) is 1.79. The molecule has 0 saturated heterocycles. The quantitative estimate of drug-likeness (QED) is 0.671. The molecule has 2 unspecified atom stereocenters. The summed E-state index contributed by atoms with van der Waals surface area (Å²) >= 11 is 4.28. The number of carbonyl (C=O) groups is 1. The molecule has 0 radical (unpaired) electrons. The van der Waals surface area contributed by atoms with Crippen LogP contribution < -0.4 is 5.32 Å². The highest BCUT2D eigenvalue weighted by atomic mass is 32.1. The first-order valence-corrected chi connectivity index (χ1v) is 6.57. The van der Waals surface area contributed by atoms with Gasteiger partial charge in [0.1, 0.15) is 0 Å². The zero-order valence-electron chi connectivity index (χ0n) is 11.2. The van der Waals surface area contributed by atoms with Gasteiger partial charge in [-0.3, -0.25) is 4.79 Å². The maximum Gasteiger partial charge on any atom is 0.233 e. The van der Waals surface area contributed by atoms with Gasteiger partial charge in [-0.1, -0.05) is 20.8 Å². The van der Waals surface area contributed by atoms with Crippen molar-refractivity contribution in [2.45, 2.75) is 45.4 Å². The Hall–Kier alpha value is -0.220. The summed E-state index contributed by atoms with van der Waals surface area (Å²) in [4.78, 5) is 13.9. The van der Waals surface area contributed by atoms with Gasteiger partial charge >= 0.3 is 0 Å². The summed E-state index contributed by atoms with van der Waals surface area (Å²) in [6, 6.07) is 0.564. The van der Waals surface area contributed by atoms with Crippen LogP contribution >= 0.6 is 12.6 Å². The molecule has 0 heterocycles. The zero-order chi connectivity index (χ0) is 12.7. The Bertz CT molecular complexity index is 209. The van der Waals surface area contributed by atoms with E-state index in [-0.39, 0.29) is 17.1 Å². The molecule has 0 aliphatic carbocycles. The molecule has 0 aliphatic rings. The number of nitrogens with zero attached hydrogens (tertiary/aromatic N) is 1. The fourth-order valence-corrected chi connectivity index (χ4v) is 1.39. The first-order chi connectivity index (χ1) is 7.40. The van der Waals surface area contributed by atoms with Crippen molar-refractivity contribution in [2.75, 3.05) is 20.1 Å². The lowest BCUT2D eigenvalue weighted by atomic mass is 10.1. The highest BCUT2D eigenvalue weighted by molar-refractivity contribution is 7.81. The van der Waals surface area contributed by atoms with E-state index in [9.17, 15) is 4.79 Å². The largest absolute Gasteiger partial charge is 0.354 e. The molecular weight excluding hydrogens is 220 g/mol. The first-order valence-electron chi connectivity index (χ1n) is 6.06. The van der Waals surface area contributed by atoms with Gasteiger partial charge in [0.25, 0.3) is 0 Å². The average Bonchev–Trinajstić information content (AvgIpc) is 2.26. The van der Waals surface area contributed by atoms with Crippen molar-refractivity contribution < 1.29 is 4.79 Å². The lowest BCUT2D eigenvalue weighted by molar-refractivity contribution is -0.121. The van der Waals surface area contributed by atoms with Crippen LogP contribution in [-0.4, -0.2) is 42.2 Å². The van der Waals surface area contributed by atoms with Gasteiger partial charge in [-0.2, -0.15) is 12.6 Å². The summed E-state index contributed by atoms with van der Waals surface area (Å²) in [7, 11) is 2.08. The highest BCUT2D eigenvalue weighted by Crippen LogP contribution is 2.08. The van der Waals surface area contributed by atoms with Crippen molar-refractivity contribution in [3.8, 4) is 0 Å². The topological polar surface area (TPSA) is 32.3 Å². The molecule has 0 aromatic heterocycles. The van der Waals surface area contributed by atoms with Gasteiger partial charge in [-0.05, 0) is 26.3 Å². The minimum Gasteiger partial charge on any atom is -0.354 e. The number of hydrogen-bond donors (Lipinski definition) is 2. The Balaban J connectivity index is 3.78. The van der Waals surface area contributed by atoms with Crippen LogP contribution in [0.25, 0.3) is 0 Å². The molecule has 2 atom stereocenters. The van der Waals surface area contributed by atoms with E-state index in [1.54, 1.807) is 0 Å². The molecule has 0 aromatic carbocycles. The summed E-state index contributed by atoms with van der Waals surface area (Å²) in [6.07, 6.45) is 1.13. The van der Waals surface area contributed by atoms with Crippen molar-refractivity contribution in [3.05, 3.63) is 0 Å². The first kappa shape index (κ1) is 15.8. The van der Waals surface area contributed by atoms with Crippen LogP contribution in [0.15, 0.2) is 0 Å². The van der Waals surface area contributed by atoms with E-state index < -0.39 is 0 Å². The van der Waals surface area contributed by atoms with Gasteiger partial charge in [-0.25, -0.2) is 0 Å². The number of nitrogens with one attached hydrogen (secondary N) is 1. The van der Waals surface area contributed by atoms with Crippen molar-refractivity contribution in [3.63, 3.8) is 0 Å². The number of rotatable bonds is 7. The maximum atomic E-state index is 11.6. The highest BCUT2D eigenvalue weighted by Gasteiger charge is 2.17. The van der Waals surface area contributed by atoms with Gasteiger partial charge in [0.2, 0.25) is 5.91 Å². The van der Waals surface area contributed by atoms with E-state index in [1.165, 1.54) is 0 Å². The molecule has 0 aliphatic heterocycles. The van der Waals surface area contributed by atoms with Crippen LogP contribution in [0, 0.1) is 5.92 Å². The Morgan fingerprint density at radius 3 is 2.38 bits per heavy atom. The molecule has 0 bridgehead atoms. The third kappa shape index (κ3) is 5.75. The van der Waals surface area contributed by atoms with Gasteiger partial charge in [0.15, 0.2) is 0 Å². The molecule has 3 nitrogen and oxygen atoms in total. The molecule has 4 heteroatoms. The summed E-state index contributed by atoms with van der Waals surface area (Å²) in [5.41, 5.74) is 0. The fourth-order valence-electron chi connectivity index (χ4n) is 1.29. The number of carbonyl (C=O) groups excluding carboxylic acids is 1. The number of likely N-dealkylation sites (N-methyl/N-ethyl adjacent to an activating group) is 1. The molecule has 0 saturated carbocycles. The Kier molecular flexibility index (Phi) is 7.85. The monoisotopic (exact) mass is 246 g/mol. The van der Waals surface area contributed by atoms with Crippen LogP contribution in [0.1, 0.15) is 34.1 Å². The zero-order valence-corrected chi connectivity index (χ0v) is 12.1. The van der Waals surface area contributed by atoms with E-state index in [0.717, 1.165) is 13.0 Å². The fraction of sp³-hybridized carbons (Fsp3) is 0.917. The van der Waals surface area contributed by atoms with Crippen molar-refractivity contribution >= 4 is 18.5 Å². The molecule has 1 N–H and O–H groups in total. The van der Waals surface area contributed by atoms with Crippen LogP contribution in [0.2, 0.25) is 0 Å².